The molecular weight excluding hydrogens is 401 g/mol. The molecule has 0 aromatic heterocycles. The Labute approximate surface area is 171 Å². The average Bonchev–Trinajstić information content (AvgIpc) is 3.02. The van der Waals surface area contributed by atoms with E-state index in [1.165, 1.54) is 4.90 Å². The van der Waals surface area contributed by atoms with Gasteiger partial charge in [-0.3, -0.25) is 25.0 Å². The highest BCUT2D eigenvalue weighted by molar-refractivity contribution is 6.05. The van der Waals surface area contributed by atoms with E-state index in [1.807, 2.05) is 0 Å². The zero-order valence-corrected chi connectivity index (χ0v) is 16.3. The molecule has 3 aliphatic heterocycles. The first-order chi connectivity index (χ1) is 14.2. The molecule has 0 radical (unpaired) electrons. The predicted molar refractivity (Wildman–Crippen MR) is 100 cm³/mol. The van der Waals surface area contributed by atoms with Gasteiger partial charge in [0, 0.05) is 25.1 Å². The average molecular weight is 424 g/mol. The van der Waals surface area contributed by atoms with Crippen molar-refractivity contribution in [3.05, 3.63) is 34.9 Å². The number of piperidine rings is 2. The molecular formula is C20H23F3N4O3. The number of imide groups is 1. The fourth-order valence-corrected chi connectivity index (χ4v) is 4.42. The van der Waals surface area contributed by atoms with Crippen molar-refractivity contribution in [2.24, 2.45) is 0 Å². The summed E-state index contributed by atoms with van der Waals surface area (Å²) in [5, 5.41) is 7.92. The Balaban J connectivity index is 1.48. The normalized spacial score (nSPS) is 24.0. The second kappa shape index (κ2) is 7.66. The first kappa shape index (κ1) is 20.8. The number of benzene rings is 1. The van der Waals surface area contributed by atoms with Gasteiger partial charge < -0.3 is 10.2 Å². The molecule has 3 amide bonds. The van der Waals surface area contributed by atoms with Crippen LogP contribution in [0.3, 0.4) is 0 Å². The molecule has 1 unspecified atom stereocenters. The molecule has 0 bridgehead atoms. The summed E-state index contributed by atoms with van der Waals surface area (Å²) in [5.41, 5.74) is -0.161. The van der Waals surface area contributed by atoms with Crippen molar-refractivity contribution >= 4 is 17.7 Å². The molecule has 4 rings (SSSR count). The second-order valence-electron chi connectivity index (χ2n) is 8.07. The Kier molecular flexibility index (Phi) is 5.31. The lowest BCUT2D eigenvalue weighted by atomic mass is 9.87. The second-order valence-corrected chi connectivity index (χ2v) is 8.07. The molecule has 10 heteroatoms. The molecule has 0 aliphatic carbocycles. The van der Waals surface area contributed by atoms with E-state index in [0.717, 1.165) is 0 Å². The van der Waals surface area contributed by atoms with Crippen LogP contribution in [0.5, 0.6) is 0 Å². The van der Waals surface area contributed by atoms with Crippen molar-refractivity contribution in [3.63, 3.8) is 0 Å². The van der Waals surface area contributed by atoms with Crippen LogP contribution in [-0.4, -0.2) is 53.5 Å². The van der Waals surface area contributed by atoms with Crippen LogP contribution in [0.15, 0.2) is 18.2 Å². The smallest absolute Gasteiger partial charge is 0.322 e. The number of halogens is 3. The van der Waals surface area contributed by atoms with E-state index >= 15 is 0 Å². The lowest BCUT2D eigenvalue weighted by molar-refractivity contribution is -0.204. The molecule has 0 spiro atoms. The van der Waals surface area contributed by atoms with E-state index in [2.05, 4.69) is 16.0 Å². The Bertz CT molecular complexity index is 881. The third-order valence-corrected chi connectivity index (χ3v) is 6.22. The van der Waals surface area contributed by atoms with Gasteiger partial charge in [0.15, 0.2) is 0 Å². The highest BCUT2D eigenvalue weighted by Gasteiger charge is 2.54. The number of nitrogens with one attached hydrogen (secondary N) is 3. The quantitative estimate of drug-likeness (QED) is 0.633. The maximum atomic E-state index is 13.7. The summed E-state index contributed by atoms with van der Waals surface area (Å²) in [7, 11) is 0. The zero-order chi connectivity index (χ0) is 21.5. The fraction of sp³-hybridized carbons (Fsp3) is 0.550. The van der Waals surface area contributed by atoms with E-state index in [1.54, 1.807) is 18.2 Å². The molecule has 7 nitrogen and oxygen atoms in total. The van der Waals surface area contributed by atoms with Gasteiger partial charge in [-0.2, -0.15) is 13.2 Å². The van der Waals surface area contributed by atoms with Crippen molar-refractivity contribution < 1.29 is 27.6 Å². The minimum absolute atomic E-state index is 0.0272. The number of rotatable bonds is 4. The molecule has 2 saturated heterocycles. The molecule has 1 atom stereocenters. The van der Waals surface area contributed by atoms with E-state index in [-0.39, 0.29) is 50.6 Å². The molecule has 1 aromatic carbocycles. The number of carbonyl (C=O) groups excluding carboxylic acids is 3. The number of fused-ring (bicyclic) bond motifs is 1. The number of hydrogen-bond acceptors (Lipinski definition) is 5. The van der Waals surface area contributed by atoms with Crippen LogP contribution in [0.4, 0.5) is 13.2 Å². The van der Waals surface area contributed by atoms with E-state index < -0.39 is 23.7 Å². The van der Waals surface area contributed by atoms with Crippen molar-refractivity contribution in [2.45, 2.75) is 56.5 Å². The number of amides is 3. The maximum Gasteiger partial charge on any atom is 0.406 e. The Morgan fingerprint density at radius 2 is 1.90 bits per heavy atom. The van der Waals surface area contributed by atoms with Crippen molar-refractivity contribution in [2.75, 3.05) is 13.1 Å². The van der Waals surface area contributed by atoms with Crippen LogP contribution in [0.1, 0.15) is 47.2 Å². The van der Waals surface area contributed by atoms with Gasteiger partial charge in [-0.15, -0.1) is 0 Å². The molecule has 3 N–H and O–H groups in total. The third-order valence-electron chi connectivity index (χ3n) is 6.22. The SMILES string of the molecule is O=C1CCC(N2Cc3cc(CNC4(C(F)(F)F)CCNCC4)ccc3C2=O)C(=O)N1. The van der Waals surface area contributed by atoms with E-state index in [0.29, 0.717) is 29.8 Å². The van der Waals surface area contributed by atoms with Crippen molar-refractivity contribution in [3.8, 4) is 0 Å². The lowest BCUT2D eigenvalue weighted by Gasteiger charge is -2.40. The number of hydrogen-bond donors (Lipinski definition) is 3. The molecule has 162 valence electrons. The highest BCUT2D eigenvalue weighted by atomic mass is 19.4. The number of alkyl halides is 3. The van der Waals surface area contributed by atoms with Gasteiger partial charge >= 0.3 is 6.18 Å². The highest BCUT2D eigenvalue weighted by Crippen LogP contribution is 2.37. The number of nitrogens with zero attached hydrogens (tertiary/aromatic N) is 1. The van der Waals surface area contributed by atoms with Crippen LogP contribution in [0.2, 0.25) is 0 Å². The minimum Gasteiger partial charge on any atom is -0.322 e. The largest absolute Gasteiger partial charge is 0.406 e. The molecule has 3 heterocycles. The minimum atomic E-state index is -4.36. The van der Waals surface area contributed by atoms with Crippen LogP contribution in [0.25, 0.3) is 0 Å². The predicted octanol–water partition coefficient (Wildman–Crippen LogP) is 1.22. The van der Waals surface area contributed by atoms with Gasteiger partial charge in [-0.25, -0.2) is 0 Å². The van der Waals surface area contributed by atoms with Crippen LogP contribution < -0.4 is 16.0 Å². The molecule has 1 aromatic rings. The van der Waals surface area contributed by atoms with Crippen LogP contribution >= 0.6 is 0 Å². The van der Waals surface area contributed by atoms with Gasteiger partial charge in [0.2, 0.25) is 11.8 Å². The molecule has 30 heavy (non-hydrogen) atoms. The van der Waals surface area contributed by atoms with Crippen molar-refractivity contribution in [1.82, 2.24) is 20.9 Å². The summed E-state index contributed by atoms with van der Waals surface area (Å²) in [6, 6.07) is 4.25. The van der Waals surface area contributed by atoms with Gasteiger partial charge in [0.1, 0.15) is 11.6 Å². The summed E-state index contributed by atoms with van der Waals surface area (Å²) >= 11 is 0. The summed E-state index contributed by atoms with van der Waals surface area (Å²) in [5.74, 6) is -1.15. The molecule has 2 fully saturated rings. The summed E-state index contributed by atoms with van der Waals surface area (Å²) in [4.78, 5) is 37.6. The van der Waals surface area contributed by atoms with Gasteiger partial charge in [0.25, 0.3) is 5.91 Å². The fourth-order valence-electron chi connectivity index (χ4n) is 4.42. The third kappa shape index (κ3) is 3.69. The molecule has 0 saturated carbocycles. The summed E-state index contributed by atoms with van der Waals surface area (Å²) in [6.07, 6.45) is -4.00. The Morgan fingerprint density at radius 3 is 2.57 bits per heavy atom. The summed E-state index contributed by atoms with van der Waals surface area (Å²) in [6.45, 7) is 0.820. The van der Waals surface area contributed by atoms with Gasteiger partial charge in [0.05, 0.1) is 0 Å². The maximum absolute atomic E-state index is 13.7. The summed E-state index contributed by atoms with van der Waals surface area (Å²) < 4.78 is 41.1. The van der Waals surface area contributed by atoms with E-state index in [9.17, 15) is 27.6 Å². The first-order valence-corrected chi connectivity index (χ1v) is 9.99. The monoisotopic (exact) mass is 424 g/mol. The van der Waals surface area contributed by atoms with Gasteiger partial charge in [-0.1, -0.05) is 12.1 Å². The Morgan fingerprint density at radius 1 is 1.17 bits per heavy atom. The zero-order valence-electron chi connectivity index (χ0n) is 16.3. The van der Waals surface area contributed by atoms with Crippen LogP contribution in [-0.2, 0) is 22.7 Å². The van der Waals surface area contributed by atoms with E-state index in [4.69, 9.17) is 0 Å². The lowest BCUT2D eigenvalue weighted by Crippen LogP contribution is -2.61. The first-order valence-electron chi connectivity index (χ1n) is 9.99. The van der Waals surface area contributed by atoms with Crippen LogP contribution in [0, 0.1) is 0 Å². The van der Waals surface area contributed by atoms with Crippen molar-refractivity contribution in [1.29, 1.82) is 0 Å². The topological polar surface area (TPSA) is 90.5 Å². The number of carbonyl (C=O) groups is 3. The van der Waals surface area contributed by atoms with Gasteiger partial charge in [-0.05, 0) is 49.5 Å². The molecule has 3 aliphatic rings. The standard InChI is InChI=1S/C20H23F3N4O3/c21-20(22,23)19(5-7-24-8-6-19)25-10-12-1-2-14-13(9-12)11-27(18(14)30)15-3-4-16(28)26-17(15)29/h1-2,9,15,24-25H,3-8,10-11H2,(H,26,28,29). The Hall–Kier alpha value is -2.46.